The fourth-order valence-corrected chi connectivity index (χ4v) is 5.06. The van der Waals surface area contributed by atoms with Crippen molar-refractivity contribution in [3.63, 3.8) is 0 Å². The summed E-state index contributed by atoms with van der Waals surface area (Å²) >= 11 is 0. The largest absolute Gasteiger partial charge is 0.356 e. The summed E-state index contributed by atoms with van der Waals surface area (Å²) in [6.07, 6.45) is 2.84. The van der Waals surface area contributed by atoms with E-state index in [4.69, 9.17) is 0 Å². The van der Waals surface area contributed by atoms with Crippen molar-refractivity contribution in [1.29, 1.82) is 0 Å². The molecule has 0 spiro atoms. The summed E-state index contributed by atoms with van der Waals surface area (Å²) in [4.78, 5) is 12.8. The summed E-state index contributed by atoms with van der Waals surface area (Å²) in [5.41, 5.74) is 2.02. The van der Waals surface area contributed by atoms with Crippen LogP contribution in [0.15, 0.2) is 53.4 Å². The number of halogens is 1. The van der Waals surface area contributed by atoms with Crippen LogP contribution in [0.1, 0.15) is 30.4 Å². The first-order chi connectivity index (χ1) is 13.9. The average Bonchev–Trinajstić information content (AvgIpc) is 2.73. The lowest BCUT2D eigenvalue weighted by atomic mass is 9.99. The van der Waals surface area contributed by atoms with Crippen molar-refractivity contribution in [2.24, 2.45) is 5.92 Å². The molecule has 2 aromatic rings. The van der Waals surface area contributed by atoms with E-state index in [2.05, 4.69) is 5.32 Å². The highest BCUT2D eigenvalue weighted by atomic mass is 32.2. The van der Waals surface area contributed by atoms with Gasteiger partial charge in [0.2, 0.25) is 15.9 Å². The van der Waals surface area contributed by atoms with Crippen LogP contribution in [0, 0.1) is 18.7 Å². The maximum Gasteiger partial charge on any atom is 0.243 e. The number of carbonyl (C=O) groups excluding carboxylic acids is 1. The molecule has 7 heteroatoms. The summed E-state index contributed by atoms with van der Waals surface area (Å²) in [5.74, 6) is -0.702. The Bertz CT molecular complexity index is 928. The molecular weight excluding hydrogens is 391 g/mol. The molecule has 0 aliphatic carbocycles. The highest BCUT2D eigenvalue weighted by Crippen LogP contribution is 2.24. The topological polar surface area (TPSA) is 66.5 Å². The molecule has 0 bridgehead atoms. The number of carbonyl (C=O) groups is 1. The Morgan fingerprint density at radius 3 is 2.52 bits per heavy atom. The summed E-state index contributed by atoms with van der Waals surface area (Å²) < 4.78 is 40.1. The second kappa shape index (κ2) is 9.50. The molecule has 1 aliphatic heterocycles. The molecule has 0 saturated carbocycles. The Morgan fingerprint density at radius 1 is 1.14 bits per heavy atom. The van der Waals surface area contributed by atoms with Gasteiger partial charge in [-0.15, -0.1) is 0 Å². The van der Waals surface area contributed by atoms with Gasteiger partial charge in [-0.2, -0.15) is 4.31 Å². The molecule has 156 valence electrons. The lowest BCUT2D eigenvalue weighted by Gasteiger charge is -2.31. The third kappa shape index (κ3) is 5.64. The molecule has 0 unspecified atom stereocenters. The number of rotatable bonds is 7. The van der Waals surface area contributed by atoms with Crippen LogP contribution in [0.4, 0.5) is 4.39 Å². The van der Waals surface area contributed by atoms with Gasteiger partial charge in [0.15, 0.2) is 0 Å². The third-order valence-electron chi connectivity index (χ3n) is 5.27. The number of nitrogens with one attached hydrogen (secondary N) is 1. The van der Waals surface area contributed by atoms with Crippen molar-refractivity contribution in [3.05, 3.63) is 65.5 Å². The van der Waals surface area contributed by atoms with Crippen LogP contribution in [0.5, 0.6) is 0 Å². The molecule has 1 saturated heterocycles. The fraction of sp³-hybridized carbons (Fsp3) is 0.409. The van der Waals surface area contributed by atoms with Gasteiger partial charge in [0.25, 0.3) is 0 Å². The second-order valence-corrected chi connectivity index (χ2v) is 9.47. The third-order valence-corrected chi connectivity index (χ3v) is 7.15. The van der Waals surface area contributed by atoms with Crippen LogP contribution in [0.25, 0.3) is 0 Å². The van der Waals surface area contributed by atoms with Gasteiger partial charge in [0, 0.05) is 19.6 Å². The number of piperidine rings is 1. The van der Waals surface area contributed by atoms with Crippen molar-refractivity contribution in [2.75, 3.05) is 19.6 Å². The number of hydrogen-bond donors (Lipinski definition) is 1. The van der Waals surface area contributed by atoms with Gasteiger partial charge in [-0.1, -0.05) is 29.8 Å². The van der Waals surface area contributed by atoms with Crippen LogP contribution in [0.2, 0.25) is 0 Å². The SMILES string of the molecule is Cc1ccc(S(=O)(=O)N2CCC[C@@H](C(=O)NCCCc3ccc(F)cc3)C2)cc1. The predicted molar refractivity (Wildman–Crippen MR) is 110 cm³/mol. The quantitative estimate of drug-likeness (QED) is 0.702. The van der Waals surface area contributed by atoms with Gasteiger partial charge in [0.1, 0.15) is 5.82 Å². The van der Waals surface area contributed by atoms with E-state index in [1.807, 2.05) is 6.92 Å². The van der Waals surface area contributed by atoms with Gasteiger partial charge >= 0.3 is 0 Å². The number of sulfonamides is 1. The van der Waals surface area contributed by atoms with Crippen molar-refractivity contribution in [1.82, 2.24) is 9.62 Å². The molecule has 1 N–H and O–H groups in total. The summed E-state index contributed by atoms with van der Waals surface area (Å²) in [6.45, 7) is 3.07. The van der Waals surface area contributed by atoms with E-state index in [0.717, 1.165) is 24.0 Å². The van der Waals surface area contributed by atoms with E-state index in [1.165, 1.54) is 16.4 Å². The van der Waals surface area contributed by atoms with Crippen LogP contribution >= 0.6 is 0 Å². The highest BCUT2D eigenvalue weighted by molar-refractivity contribution is 7.89. The zero-order valence-electron chi connectivity index (χ0n) is 16.6. The number of amides is 1. The molecule has 3 rings (SSSR count). The second-order valence-electron chi connectivity index (χ2n) is 7.54. The molecule has 5 nitrogen and oxygen atoms in total. The molecule has 2 aromatic carbocycles. The summed E-state index contributed by atoms with van der Waals surface area (Å²) in [5, 5.41) is 2.92. The van der Waals surface area contributed by atoms with Crippen LogP contribution in [-0.2, 0) is 21.2 Å². The maximum atomic E-state index is 12.9. The highest BCUT2D eigenvalue weighted by Gasteiger charge is 2.33. The van der Waals surface area contributed by atoms with E-state index in [9.17, 15) is 17.6 Å². The van der Waals surface area contributed by atoms with Gasteiger partial charge in [-0.3, -0.25) is 4.79 Å². The van der Waals surface area contributed by atoms with Gasteiger partial charge in [-0.25, -0.2) is 12.8 Å². The molecule has 0 radical (unpaired) electrons. The molecule has 1 atom stereocenters. The summed E-state index contributed by atoms with van der Waals surface area (Å²) in [7, 11) is -3.59. The van der Waals surface area contributed by atoms with Crippen molar-refractivity contribution >= 4 is 15.9 Å². The van der Waals surface area contributed by atoms with E-state index >= 15 is 0 Å². The number of benzene rings is 2. The van der Waals surface area contributed by atoms with Crippen molar-refractivity contribution < 1.29 is 17.6 Å². The Kier molecular flexibility index (Phi) is 7.03. The minimum atomic E-state index is -3.59. The Balaban J connectivity index is 1.51. The van der Waals surface area contributed by atoms with Crippen LogP contribution < -0.4 is 5.32 Å². The smallest absolute Gasteiger partial charge is 0.243 e. The molecule has 1 aliphatic rings. The van der Waals surface area contributed by atoms with E-state index in [0.29, 0.717) is 25.9 Å². The zero-order valence-corrected chi connectivity index (χ0v) is 17.4. The van der Waals surface area contributed by atoms with E-state index in [-0.39, 0.29) is 29.1 Å². The first-order valence-corrected chi connectivity index (χ1v) is 11.4. The molecule has 0 aromatic heterocycles. The lowest BCUT2D eigenvalue weighted by Crippen LogP contribution is -2.45. The number of hydrogen-bond acceptors (Lipinski definition) is 3. The van der Waals surface area contributed by atoms with Crippen molar-refractivity contribution in [3.8, 4) is 0 Å². The lowest BCUT2D eigenvalue weighted by molar-refractivity contribution is -0.126. The molecule has 1 amide bonds. The molecular formula is C22H27FN2O3S. The Labute approximate surface area is 172 Å². The van der Waals surface area contributed by atoms with Crippen molar-refractivity contribution in [2.45, 2.75) is 37.5 Å². The Morgan fingerprint density at radius 2 is 1.83 bits per heavy atom. The first kappa shape index (κ1) is 21.5. The van der Waals surface area contributed by atoms with E-state index in [1.54, 1.807) is 36.4 Å². The van der Waals surface area contributed by atoms with E-state index < -0.39 is 10.0 Å². The molecule has 1 fully saturated rings. The fourth-order valence-electron chi connectivity index (χ4n) is 3.53. The standard InChI is InChI=1S/C22H27FN2O3S/c1-17-6-12-21(13-7-17)29(27,28)25-15-3-5-19(16-25)22(26)24-14-2-4-18-8-10-20(23)11-9-18/h6-13,19H,2-5,14-16H2,1H3,(H,24,26)/t19-/m1/s1. The first-order valence-electron chi connectivity index (χ1n) is 9.95. The van der Waals surface area contributed by atoms with Gasteiger partial charge < -0.3 is 5.32 Å². The Hall–Kier alpha value is -2.25. The minimum absolute atomic E-state index is 0.104. The van der Waals surface area contributed by atoms with Gasteiger partial charge in [-0.05, 0) is 62.4 Å². The normalized spacial score (nSPS) is 17.8. The number of nitrogens with zero attached hydrogens (tertiary/aromatic N) is 1. The molecule has 29 heavy (non-hydrogen) atoms. The van der Waals surface area contributed by atoms with Crippen LogP contribution in [0.3, 0.4) is 0 Å². The van der Waals surface area contributed by atoms with Gasteiger partial charge in [0.05, 0.1) is 10.8 Å². The zero-order chi connectivity index (χ0) is 20.9. The maximum absolute atomic E-state index is 12.9. The molecule has 1 heterocycles. The monoisotopic (exact) mass is 418 g/mol. The minimum Gasteiger partial charge on any atom is -0.356 e. The summed E-state index contributed by atoms with van der Waals surface area (Å²) in [6, 6.07) is 13.1. The average molecular weight is 419 g/mol. The van der Waals surface area contributed by atoms with Crippen LogP contribution in [-0.4, -0.2) is 38.3 Å². The predicted octanol–water partition coefficient (Wildman–Crippen LogP) is 3.28. The number of aryl methyl sites for hydroxylation is 2.